The van der Waals surface area contributed by atoms with Gasteiger partial charge in [0.1, 0.15) is 11.5 Å². The molecule has 1 aliphatic rings. The highest BCUT2D eigenvalue weighted by atomic mass is 35.5. The molecule has 1 fully saturated rings. The lowest BCUT2D eigenvalue weighted by Gasteiger charge is -2.25. The fourth-order valence-corrected chi connectivity index (χ4v) is 4.20. The summed E-state index contributed by atoms with van der Waals surface area (Å²) in [5.41, 5.74) is 2.14. The molecule has 1 unspecified atom stereocenters. The molecule has 1 aromatic carbocycles. The minimum absolute atomic E-state index is 0.0566. The zero-order valence-electron chi connectivity index (χ0n) is 17.4. The van der Waals surface area contributed by atoms with Crippen LogP contribution in [0.1, 0.15) is 28.4 Å². The number of aliphatic hydroxyl groups excluding tert-OH is 1. The summed E-state index contributed by atoms with van der Waals surface area (Å²) < 4.78 is 5.38. The topological polar surface area (TPSA) is 92.6 Å². The van der Waals surface area contributed by atoms with Crippen LogP contribution in [-0.2, 0) is 16.1 Å². The van der Waals surface area contributed by atoms with Gasteiger partial charge in [0, 0.05) is 18.6 Å². The van der Waals surface area contributed by atoms with Crippen LogP contribution in [0.3, 0.4) is 0 Å². The number of methoxy groups -OCH3 is 1. The van der Waals surface area contributed by atoms with Gasteiger partial charge in [0.15, 0.2) is 0 Å². The summed E-state index contributed by atoms with van der Waals surface area (Å²) in [6, 6.07) is 11.3. The Bertz CT molecular complexity index is 1210. The molecule has 1 amide bonds. The van der Waals surface area contributed by atoms with Crippen LogP contribution in [-0.4, -0.2) is 38.8 Å². The van der Waals surface area contributed by atoms with Crippen molar-refractivity contribution in [3.8, 4) is 5.75 Å². The largest absolute Gasteiger partial charge is 0.507 e. The molecule has 162 valence electrons. The van der Waals surface area contributed by atoms with Crippen LogP contribution >= 0.6 is 11.6 Å². The SMILES string of the molecule is COc1c(Cl)cc(C)cc1/C(O)=C1\C(=O)C(=O)N(Cc2ccccn2)C1c1cccnc1. The molecule has 7 nitrogen and oxygen atoms in total. The van der Waals surface area contributed by atoms with E-state index in [0.29, 0.717) is 11.3 Å². The number of benzene rings is 1. The molecule has 4 rings (SSSR count). The van der Waals surface area contributed by atoms with Crippen LogP contribution in [0, 0.1) is 6.92 Å². The average Bonchev–Trinajstić information content (AvgIpc) is 3.04. The van der Waals surface area contributed by atoms with Gasteiger partial charge >= 0.3 is 0 Å². The number of hydrogen-bond donors (Lipinski definition) is 1. The minimum atomic E-state index is -0.852. The Morgan fingerprint density at radius 1 is 1.19 bits per heavy atom. The van der Waals surface area contributed by atoms with Gasteiger partial charge in [0.2, 0.25) is 0 Å². The highest BCUT2D eigenvalue weighted by Crippen LogP contribution is 2.42. The van der Waals surface area contributed by atoms with Gasteiger partial charge < -0.3 is 14.7 Å². The Morgan fingerprint density at radius 3 is 2.66 bits per heavy atom. The summed E-state index contributed by atoms with van der Waals surface area (Å²) >= 11 is 6.30. The van der Waals surface area contributed by atoms with E-state index in [1.807, 2.05) is 0 Å². The number of aryl methyl sites for hydroxylation is 1. The van der Waals surface area contributed by atoms with Crippen molar-refractivity contribution in [1.82, 2.24) is 14.9 Å². The molecule has 0 saturated carbocycles. The predicted octanol–water partition coefficient (Wildman–Crippen LogP) is 4.07. The van der Waals surface area contributed by atoms with E-state index >= 15 is 0 Å². The van der Waals surface area contributed by atoms with Gasteiger partial charge in [-0.1, -0.05) is 23.7 Å². The molecule has 0 radical (unpaired) electrons. The maximum Gasteiger partial charge on any atom is 0.296 e. The molecule has 3 heterocycles. The van der Waals surface area contributed by atoms with Gasteiger partial charge in [-0.2, -0.15) is 0 Å². The molecule has 0 bridgehead atoms. The van der Waals surface area contributed by atoms with Crippen molar-refractivity contribution in [3.63, 3.8) is 0 Å². The molecule has 8 heteroatoms. The number of hydrogen-bond acceptors (Lipinski definition) is 6. The quantitative estimate of drug-likeness (QED) is 0.358. The van der Waals surface area contributed by atoms with Crippen molar-refractivity contribution in [2.24, 2.45) is 0 Å². The first-order valence-electron chi connectivity index (χ1n) is 9.85. The smallest absolute Gasteiger partial charge is 0.296 e. The number of aliphatic hydroxyl groups is 1. The molecule has 1 atom stereocenters. The Labute approximate surface area is 190 Å². The monoisotopic (exact) mass is 449 g/mol. The van der Waals surface area contributed by atoms with E-state index in [1.54, 1.807) is 68.0 Å². The van der Waals surface area contributed by atoms with Gasteiger partial charge in [-0.3, -0.25) is 19.6 Å². The minimum Gasteiger partial charge on any atom is -0.507 e. The van der Waals surface area contributed by atoms with Crippen LogP contribution in [0.5, 0.6) is 5.75 Å². The zero-order chi connectivity index (χ0) is 22.8. The van der Waals surface area contributed by atoms with Crippen LogP contribution in [0.4, 0.5) is 0 Å². The zero-order valence-corrected chi connectivity index (χ0v) is 18.2. The third-order valence-corrected chi connectivity index (χ3v) is 5.53. The number of amides is 1. The molecule has 1 aliphatic heterocycles. The summed E-state index contributed by atoms with van der Waals surface area (Å²) in [6.07, 6.45) is 4.78. The highest BCUT2D eigenvalue weighted by molar-refractivity contribution is 6.46. The summed E-state index contributed by atoms with van der Waals surface area (Å²) in [5.74, 6) is -1.67. The molecule has 0 aliphatic carbocycles. The van der Waals surface area contributed by atoms with Crippen molar-refractivity contribution in [3.05, 3.63) is 94.0 Å². The Kier molecular flexibility index (Phi) is 5.92. The number of carbonyl (C=O) groups is 2. The fraction of sp³-hybridized carbons (Fsp3) is 0.167. The Morgan fingerprint density at radius 2 is 2.00 bits per heavy atom. The Balaban J connectivity index is 1.92. The summed E-state index contributed by atoms with van der Waals surface area (Å²) in [4.78, 5) is 36.0. The van der Waals surface area contributed by atoms with E-state index in [1.165, 1.54) is 12.0 Å². The van der Waals surface area contributed by atoms with Crippen molar-refractivity contribution >= 4 is 29.1 Å². The van der Waals surface area contributed by atoms with Crippen molar-refractivity contribution in [1.29, 1.82) is 0 Å². The number of ether oxygens (including phenoxy) is 1. The molecule has 2 aromatic heterocycles. The third kappa shape index (κ3) is 3.83. The van der Waals surface area contributed by atoms with Gasteiger partial charge in [-0.05, 0) is 48.4 Å². The van der Waals surface area contributed by atoms with Gasteiger partial charge in [-0.25, -0.2) is 0 Å². The number of pyridine rings is 2. The lowest BCUT2D eigenvalue weighted by molar-refractivity contribution is -0.140. The van der Waals surface area contributed by atoms with E-state index in [9.17, 15) is 14.7 Å². The van der Waals surface area contributed by atoms with Crippen LogP contribution in [0.25, 0.3) is 5.76 Å². The summed E-state index contributed by atoms with van der Waals surface area (Å²) in [7, 11) is 1.42. The Hall–Kier alpha value is -3.71. The number of rotatable bonds is 5. The number of ketones is 1. The molecule has 32 heavy (non-hydrogen) atoms. The second-order valence-corrected chi connectivity index (χ2v) is 7.77. The second-order valence-electron chi connectivity index (χ2n) is 7.36. The molecule has 3 aromatic rings. The molecule has 1 saturated heterocycles. The lowest BCUT2D eigenvalue weighted by Crippen LogP contribution is -2.29. The van der Waals surface area contributed by atoms with E-state index in [0.717, 1.165) is 5.56 Å². The summed E-state index contributed by atoms with van der Waals surface area (Å²) in [5, 5.41) is 11.6. The first kappa shape index (κ1) is 21.5. The highest BCUT2D eigenvalue weighted by Gasteiger charge is 2.46. The lowest BCUT2D eigenvalue weighted by atomic mass is 9.95. The van der Waals surface area contributed by atoms with Crippen LogP contribution < -0.4 is 4.74 Å². The van der Waals surface area contributed by atoms with E-state index < -0.39 is 17.7 Å². The van der Waals surface area contributed by atoms with Gasteiger partial charge in [0.25, 0.3) is 11.7 Å². The maximum absolute atomic E-state index is 13.2. The van der Waals surface area contributed by atoms with Crippen LogP contribution in [0.2, 0.25) is 5.02 Å². The number of Topliss-reactive ketones (excluding diaryl/α,β-unsaturated/α-hetero) is 1. The molecular formula is C24H20ClN3O4. The molecule has 1 N–H and O–H groups in total. The van der Waals surface area contributed by atoms with E-state index in [-0.39, 0.29) is 34.2 Å². The normalized spacial score (nSPS) is 17.6. The first-order chi connectivity index (χ1) is 15.4. The maximum atomic E-state index is 13.2. The summed E-state index contributed by atoms with van der Waals surface area (Å²) in [6.45, 7) is 1.90. The molecular weight excluding hydrogens is 430 g/mol. The third-order valence-electron chi connectivity index (χ3n) is 5.25. The van der Waals surface area contributed by atoms with Crippen molar-refractivity contribution in [2.75, 3.05) is 7.11 Å². The van der Waals surface area contributed by atoms with E-state index in [2.05, 4.69) is 9.97 Å². The van der Waals surface area contributed by atoms with Gasteiger partial charge in [0.05, 0.1) is 41.5 Å². The van der Waals surface area contributed by atoms with Gasteiger partial charge in [-0.15, -0.1) is 0 Å². The van der Waals surface area contributed by atoms with Crippen molar-refractivity contribution in [2.45, 2.75) is 19.5 Å². The fourth-order valence-electron chi connectivity index (χ4n) is 3.85. The number of aromatic nitrogens is 2. The number of carbonyl (C=O) groups excluding carboxylic acids is 2. The second kappa shape index (κ2) is 8.80. The number of halogens is 1. The van der Waals surface area contributed by atoms with Crippen LogP contribution in [0.15, 0.2) is 66.6 Å². The molecule has 0 spiro atoms. The standard InChI is InChI=1S/C24H20ClN3O4/c1-14-10-17(23(32-2)18(25)11-14)21(29)19-20(15-6-5-8-26-12-15)28(24(31)22(19)30)13-16-7-3-4-9-27-16/h3-12,20,29H,13H2,1-2H3/b21-19+. The van der Waals surface area contributed by atoms with E-state index in [4.69, 9.17) is 16.3 Å². The first-order valence-corrected chi connectivity index (χ1v) is 10.2. The number of likely N-dealkylation sites (tertiary alicyclic amines) is 1. The number of nitrogens with zero attached hydrogens (tertiary/aromatic N) is 3. The predicted molar refractivity (Wildman–Crippen MR) is 119 cm³/mol. The van der Waals surface area contributed by atoms with Crippen molar-refractivity contribution < 1.29 is 19.4 Å². The average molecular weight is 450 g/mol.